The molecule has 2 amide bonds. The molecule has 8 heteroatoms. The number of hydrogen-bond donors (Lipinski definition) is 0. The average molecular weight is 372 g/mol. The Labute approximate surface area is 156 Å². The number of carbonyl (C=O) groups is 2. The van der Waals surface area contributed by atoms with Gasteiger partial charge in [0.15, 0.2) is 11.6 Å². The van der Waals surface area contributed by atoms with Crippen molar-refractivity contribution in [1.82, 2.24) is 19.8 Å². The van der Waals surface area contributed by atoms with Gasteiger partial charge >= 0.3 is 0 Å². The first-order valence-corrected chi connectivity index (χ1v) is 8.74. The number of nitrogens with zero attached hydrogens (tertiary/aromatic N) is 4. The third kappa shape index (κ3) is 4.58. The van der Waals surface area contributed by atoms with Gasteiger partial charge in [0.1, 0.15) is 5.69 Å². The maximum atomic E-state index is 13.8. The first-order valence-electron chi connectivity index (χ1n) is 8.74. The maximum absolute atomic E-state index is 13.8. The number of halogens is 1. The summed E-state index contributed by atoms with van der Waals surface area (Å²) in [6.07, 6.45) is 5.22. The molecule has 0 saturated carbocycles. The van der Waals surface area contributed by atoms with Crippen LogP contribution in [0.1, 0.15) is 22.5 Å². The van der Waals surface area contributed by atoms with E-state index in [2.05, 4.69) is 9.97 Å². The van der Waals surface area contributed by atoms with Gasteiger partial charge in [-0.15, -0.1) is 0 Å². The lowest BCUT2D eigenvalue weighted by Gasteiger charge is -2.22. The molecule has 2 aromatic rings. The number of amides is 2. The van der Waals surface area contributed by atoms with Crippen molar-refractivity contribution in [3.8, 4) is 5.75 Å². The van der Waals surface area contributed by atoms with Crippen molar-refractivity contribution in [3.05, 3.63) is 53.9 Å². The standard InChI is InChI=1S/C19H21FN4O3/c1-27-17-4-3-14(11-15(17)20)12-18(25)23-7-2-8-24(10-9-23)19(26)16-13-21-5-6-22-16/h3-6,11,13H,2,7-10,12H2,1H3. The second-order valence-corrected chi connectivity index (χ2v) is 6.26. The molecule has 2 heterocycles. The van der Waals surface area contributed by atoms with Gasteiger partial charge in [0.25, 0.3) is 5.91 Å². The third-order valence-electron chi connectivity index (χ3n) is 4.49. The average Bonchev–Trinajstić information content (AvgIpc) is 2.94. The maximum Gasteiger partial charge on any atom is 0.274 e. The molecule has 1 fully saturated rings. The summed E-state index contributed by atoms with van der Waals surface area (Å²) in [7, 11) is 1.40. The van der Waals surface area contributed by atoms with Crippen molar-refractivity contribution >= 4 is 11.8 Å². The van der Waals surface area contributed by atoms with Gasteiger partial charge in [-0.25, -0.2) is 9.37 Å². The van der Waals surface area contributed by atoms with E-state index in [0.717, 1.165) is 0 Å². The minimum atomic E-state index is -0.487. The van der Waals surface area contributed by atoms with E-state index in [1.165, 1.54) is 37.8 Å². The number of rotatable bonds is 4. The molecule has 0 bridgehead atoms. The Morgan fingerprint density at radius 3 is 2.63 bits per heavy atom. The molecule has 1 aliphatic heterocycles. The second-order valence-electron chi connectivity index (χ2n) is 6.26. The Morgan fingerprint density at radius 1 is 1.15 bits per heavy atom. The zero-order valence-electron chi connectivity index (χ0n) is 15.1. The van der Waals surface area contributed by atoms with Crippen molar-refractivity contribution in [2.24, 2.45) is 0 Å². The van der Waals surface area contributed by atoms with Crippen molar-refractivity contribution in [3.63, 3.8) is 0 Å². The summed E-state index contributed by atoms with van der Waals surface area (Å²) in [5.74, 6) is -0.610. The summed E-state index contributed by atoms with van der Waals surface area (Å²) in [6, 6.07) is 4.52. The van der Waals surface area contributed by atoms with Gasteiger partial charge < -0.3 is 14.5 Å². The van der Waals surface area contributed by atoms with Gasteiger partial charge in [-0.3, -0.25) is 14.6 Å². The Balaban J connectivity index is 1.59. The van der Waals surface area contributed by atoms with Crippen molar-refractivity contribution in [2.75, 3.05) is 33.3 Å². The predicted molar refractivity (Wildman–Crippen MR) is 95.8 cm³/mol. The number of hydrogen-bond acceptors (Lipinski definition) is 5. The van der Waals surface area contributed by atoms with Gasteiger partial charge in [-0.1, -0.05) is 6.07 Å². The van der Waals surface area contributed by atoms with Gasteiger partial charge in [0, 0.05) is 38.6 Å². The smallest absolute Gasteiger partial charge is 0.274 e. The number of aromatic nitrogens is 2. The minimum absolute atomic E-state index is 0.0895. The van der Waals surface area contributed by atoms with E-state index in [0.29, 0.717) is 43.9 Å². The van der Waals surface area contributed by atoms with Crippen LogP contribution in [0.2, 0.25) is 0 Å². The van der Waals surface area contributed by atoms with E-state index in [1.54, 1.807) is 15.9 Å². The van der Waals surface area contributed by atoms with Crippen LogP contribution in [0.3, 0.4) is 0 Å². The summed E-state index contributed by atoms with van der Waals surface area (Å²) in [5.41, 5.74) is 0.890. The molecule has 0 N–H and O–H groups in total. The zero-order valence-corrected chi connectivity index (χ0v) is 15.1. The van der Waals surface area contributed by atoms with Gasteiger partial charge in [-0.05, 0) is 24.1 Å². The fraction of sp³-hybridized carbons (Fsp3) is 0.368. The molecule has 1 aromatic carbocycles. The van der Waals surface area contributed by atoms with Crippen molar-refractivity contribution in [1.29, 1.82) is 0 Å². The zero-order chi connectivity index (χ0) is 19.2. The number of carbonyl (C=O) groups excluding carboxylic acids is 2. The third-order valence-corrected chi connectivity index (χ3v) is 4.49. The fourth-order valence-electron chi connectivity index (χ4n) is 3.05. The Morgan fingerprint density at radius 2 is 1.93 bits per heavy atom. The first kappa shape index (κ1) is 18.8. The van der Waals surface area contributed by atoms with Crippen molar-refractivity contribution < 1.29 is 18.7 Å². The van der Waals surface area contributed by atoms with E-state index in [-0.39, 0.29) is 24.0 Å². The second kappa shape index (κ2) is 8.57. The van der Waals surface area contributed by atoms with E-state index in [4.69, 9.17) is 4.74 Å². The Kier molecular flexibility index (Phi) is 5.95. The quantitative estimate of drug-likeness (QED) is 0.814. The van der Waals surface area contributed by atoms with Crippen LogP contribution < -0.4 is 4.74 Å². The van der Waals surface area contributed by atoms with Crippen LogP contribution >= 0.6 is 0 Å². The summed E-state index contributed by atoms with van der Waals surface area (Å²) in [6.45, 7) is 1.97. The van der Waals surface area contributed by atoms with Crippen LogP contribution in [0, 0.1) is 5.82 Å². The molecule has 0 aliphatic carbocycles. The molecule has 7 nitrogen and oxygen atoms in total. The highest BCUT2D eigenvalue weighted by Crippen LogP contribution is 2.18. The Bertz CT molecular complexity index is 816. The van der Waals surface area contributed by atoms with Crippen LogP contribution in [0.25, 0.3) is 0 Å². The minimum Gasteiger partial charge on any atom is -0.494 e. The van der Waals surface area contributed by atoms with E-state index in [1.807, 2.05) is 0 Å². The molecule has 0 unspecified atom stereocenters. The van der Waals surface area contributed by atoms with Gasteiger partial charge in [0.05, 0.1) is 19.7 Å². The molecule has 1 aromatic heterocycles. The molecule has 1 aliphatic rings. The number of benzene rings is 1. The van der Waals surface area contributed by atoms with Crippen molar-refractivity contribution in [2.45, 2.75) is 12.8 Å². The van der Waals surface area contributed by atoms with E-state index in [9.17, 15) is 14.0 Å². The molecular formula is C19H21FN4O3. The van der Waals surface area contributed by atoms with E-state index >= 15 is 0 Å². The highest BCUT2D eigenvalue weighted by Gasteiger charge is 2.23. The van der Waals surface area contributed by atoms with Crippen LogP contribution in [0.15, 0.2) is 36.8 Å². The monoisotopic (exact) mass is 372 g/mol. The highest BCUT2D eigenvalue weighted by atomic mass is 19.1. The van der Waals surface area contributed by atoms with Gasteiger partial charge in [0.2, 0.25) is 5.91 Å². The molecule has 0 atom stereocenters. The summed E-state index contributed by atoms with van der Waals surface area (Å²) >= 11 is 0. The lowest BCUT2D eigenvalue weighted by atomic mass is 10.1. The van der Waals surface area contributed by atoms with Crippen LogP contribution in [-0.4, -0.2) is 64.9 Å². The SMILES string of the molecule is COc1ccc(CC(=O)N2CCCN(C(=O)c3cnccn3)CC2)cc1F. The fourth-order valence-corrected chi connectivity index (χ4v) is 3.05. The van der Waals surface area contributed by atoms with Gasteiger partial charge in [-0.2, -0.15) is 0 Å². The normalized spacial score (nSPS) is 14.6. The van der Waals surface area contributed by atoms with Crippen LogP contribution in [0.5, 0.6) is 5.75 Å². The predicted octanol–water partition coefficient (Wildman–Crippen LogP) is 1.54. The van der Waals surface area contributed by atoms with Crippen LogP contribution in [-0.2, 0) is 11.2 Å². The summed E-state index contributed by atoms with van der Waals surface area (Å²) < 4.78 is 18.7. The largest absolute Gasteiger partial charge is 0.494 e. The first-order chi connectivity index (χ1) is 13.1. The molecular weight excluding hydrogens is 351 g/mol. The molecule has 3 rings (SSSR count). The molecule has 27 heavy (non-hydrogen) atoms. The summed E-state index contributed by atoms with van der Waals surface area (Å²) in [5, 5.41) is 0. The Hall–Kier alpha value is -3.03. The van der Waals surface area contributed by atoms with Crippen LogP contribution in [0.4, 0.5) is 4.39 Å². The summed E-state index contributed by atoms with van der Waals surface area (Å²) in [4.78, 5) is 36.4. The topological polar surface area (TPSA) is 75.6 Å². The number of methoxy groups -OCH3 is 1. The lowest BCUT2D eigenvalue weighted by Crippen LogP contribution is -2.38. The molecule has 142 valence electrons. The molecule has 1 saturated heterocycles. The number of ether oxygens (including phenoxy) is 1. The lowest BCUT2D eigenvalue weighted by molar-refractivity contribution is -0.130. The molecule has 0 spiro atoms. The van der Waals surface area contributed by atoms with E-state index < -0.39 is 5.82 Å². The molecule has 0 radical (unpaired) electrons. The highest BCUT2D eigenvalue weighted by molar-refractivity contribution is 5.92.